The van der Waals surface area contributed by atoms with Crippen LogP contribution in [0.25, 0.3) is 0 Å². The number of carbonyl (C=O) groups is 1. The maximum absolute atomic E-state index is 12.5. The molecule has 8 heteroatoms. The number of ether oxygens (including phenoxy) is 1. The quantitative estimate of drug-likeness (QED) is 0.549. The molecule has 3 aromatic rings. The molecule has 30 heavy (non-hydrogen) atoms. The number of sulfonamides is 1. The molecule has 0 bridgehead atoms. The molecule has 0 aromatic heterocycles. The lowest BCUT2D eigenvalue weighted by molar-refractivity contribution is -0.118. The molecule has 0 spiro atoms. The van der Waals surface area contributed by atoms with E-state index >= 15 is 0 Å². The minimum atomic E-state index is -3.78. The van der Waals surface area contributed by atoms with Gasteiger partial charge in [0.25, 0.3) is 15.9 Å². The van der Waals surface area contributed by atoms with Gasteiger partial charge in [-0.2, -0.15) is 0 Å². The van der Waals surface area contributed by atoms with Crippen LogP contribution in [0.5, 0.6) is 5.75 Å². The first-order valence-corrected chi connectivity index (χ1v) is 11.0. The molecule has 0 fully saturated rings. The zero-order valence-corrected chi connectivity index (χ0v) is 18.0. The lowest BCUT2D eigenvalue weighted by Gasteiger charge is -2.11. The van der Waals surface area contributed by atoms with E-state index in [1.807, 2.05) is 32.0 Å². The maximum atomic E-state index is 12.5. The van der Waals surface area contributed by atoms with Crippen molar-refractivity contribution in [1.29, 1.82) is 0 Å². The fraction of sp³-hybridized carbons (Fsp3) is 0.136. The summed E-state index contributed by atoms with van der Waals surface area (Å²) in [7, 11) is -3.78. The minimum Gasteiger partial charge on any atom is -0.484 e. The molecule has 0 saturated heterocycles. The second-order valence-electron chi connectivity index (χ2n) is 6.75. The lowest BCUT2D eigenvalue weighted by Crippen LogP contribution is -2.20. The van der Waals surface area contributed by atoms with E-state index in [1.165, 1.54) is 24.3 Å². The molecule has 3 aromatic carbocycles. The van der Waals surface area contributed by atoms with Crippen LogP contribution in [0.3, 0.4) is 0 Å². The van der Waals surface area contributed by atoms with Gasteiger partial charge in [-0.15, -0.1) is 0 Å². The van der Waals surface area contributed by atoms with Gasteiger partial charge in [-0.25, -0.2) is 8.42 Å². The molecular weight excluding hydrogens is 424 g/mol. The molecule has 1 amide bonds. The van der Waals surface area contributed by atoms with Crippen molar-refractivity contribution in [2.45, 2.75) is 18.7 Å². The van der Waals surface area contributed by atoms with Crippen molar-refractivity contribution in [3.8, 4) is 5.75 Å². The van der Waals surface area contributed by atoms with Gasteiger partial charge in [0, 0.05) is 10.7 Å². The van der Waals surface area contributed by atoms with Crippen LogP contribution in [0, 0.1) is 13.8 Å². The van der Waals surface area contributed by atoms with E-state index in [9.17, 15) is 13.2 Å². The maximum Gasteiger partial charge on any atom is 0.262 e. The molecule has 6 nitrogen and oxygen atoms in total. The molecule has 0 aliphatic carbocycles. The van der Waals surface area contributed by atoms with E-state index in [-0.39, 0.29) is 17.4 Å². The molecule has 0 aliphatic rings. The number of amides is 1. The Kier molecular flexibility index (Phi) is 6.64. The van der Waals surface area contributed by atoms with Crippen LogP contribution in [-0.2, 0) is 14.8 Å². The number of nitrogens with one attached hydrogen (secondary N) is 2. The molecule has 156 valence electrons. The lowest BCUT2D eigenvalue weighted by atomic mass is 10.2. The summed E-state index contributed by atoms with van der Waals surface area (Å²) >= 11 is 6.04. The number of rotatable bonds is 7. The second-order valence-corrected chi connectivity index (χ2v) is 8.84. The van der Waals surface area contributed by atoms with Gasteiger partial charge in [0.15, 0.2) is 6.61 Å². The molecular formula is C22H21ClN2O4S. The Hall–Kier alpha value is -3.03. The third-order valence-electron chi connectivity index (χ3n) is 4.23. The van der Waals surface area contributed by atoms with E-state index in [2.05, 4.69) is 10.0 Å². The smallest absolute Gasteiger partial charge is 0.262 e. The number of carbonyl (C=O) groups excluding carboxylic acids is 1. The summed E-state index contributed by atoms with van der Waals surface area (Å²) in [5.74, 6) is 0.0712. The van der Waals surface area contributed by atoms with Crippen LogP contribution in [-0.4, -0.2) is 20.9 Å². The minimum absolute atomic E-state index is 0.0655. The monoisotopic (exact) mass is 444 g/mol. The van der Waals surface area contributed by atoms with E-state index in [0.717, 1.165) is 11.1 Å². The zero-order chi connectivity index (χ0) is 21.7. The van der Waals surface area contributed by atoms with Crippen LogP contribution < -0.4 is 14.8 Å². The van der Waals surface area contributed by atoms with E-state index in [4.69, 9.17) is 16.3 Å². The third-order valence-corrected chi connectivity index (χ3v) is 6.03. The van der Waals surface area contributed by atoms with Gasteiger partial charge in [0.2, 0.25) is 0 Å². The van der Waals surface area contributed by atoms with E-state index < -0.39 is 10.0 Å². The highest BCUT2D eigenvalue weighted by Crippen LogP contribution is 2.23. The molecule has 0 heterocycles. The first-order chi connectivity index (χ1) is 14.2. The second kappa shape index (κ2) is 9.19. The normalized spacial score (nSPS) is 11.0. The van der Waals surface area contributed by atoms with Crippen molar-refractivity contribution in [1.82, 2.24) is 0 Å². The zero-order valence-electron chi connectivity index (χ0n) is 16.5. The van der Waals surface area contributed by atoms with E-state index in [1.54, 1.807) is 24.3 Å². The van der Waals surface area contributed by atoms with Crippen molar-refractivity contribution >= 4 is 38.9 Å². The Balaban J connectivity index is 1.59. The van der Waals surface area contributed by atoms with Crippen LogP contribution in [0.4, 0.5) is 11.4 Å². The molecule has 0 radical (unpaired) electrons. The van der Waals surface area contributed by atoms with Crippen molar-refractivity contribution in [2.24, 2.45) is 0 Å². The van der Waals surface area contributed by atoms with Crippen molar-refractivity contribution in [3.63, 3.8) is 0 Å². The fourth-order valence-electron chi connectivity index (χ4n) is 2.65. The number of hydrogen-bond donors (Lipinski definition) is 2. The number of halogens is 1. The SMILES string of the molecule is Cc1cccc(NC(=O)COc2ccc(S(=O)(=O)Nc3ccc(C)c(Cl)c3)cc2)c1. The highest BCUT2D eigenvalue weighted by atomic mass is 35.5. The highest BCUT2D eigenvalue weighted by molar-refractivity contribution is 7.92. The van der Waals surface area contributed by atoms with Gasteiger partial charge in [-0.3, -0.25) is 9.52 Å². The summed E-state index contributed by atoms with van der Waals surface area (Å²) in [6.07, 6.45) is 0. The number of hydrogen-bond acceptors (Lipinski definition) is 4. The molecule has 0 atom stereocenters. The summed E-state index contributed by atoms with van der Waals surface area (Å²) in [4.78, 5) is 12.1. The number of aryl methyl sites for hydroxylation is 2. The predicted octanol–water partition coefficient (Wildman–Crippen LogP) is 4.78. The highest BCUT2D eigenvalue weighted by Gasteiger charge is 2.15. The Bertz CT molecular complexity index is 1160. The first-order valence-electron chi connectivity index (χ1n) is 9.11. The van der Waals surface area contributed by atoms with E-state index in [0.29, 0.717) is 22.1 Å². The van der Waals surface area contributed by atoms with Crippen molar-refractivity contribution < 1.29 is 17.9 Å². The molecule has 2 N–H and O–H groups in total. The Morgan fingerprint density at radius 3 is 2.37 bits per heavy atom. The molecule has 3 rings (SSSR count). The largest absolute Gasteiger partial charge is 0.484 e. The Morgan fingerprint density at radius 2 is 1.70 bits per heavy atom. The summed E-state index contributed by atoms with van der Waals surface area (Å²) in [5, 5.41) is 3.22. The standard InChI is InChI=1S/C22H21ClN2O4S/c1-15-4-3-5-17(12-15)24-22(26)14-29-19-8-10-20(11-9-19)30(27,28)25-18-7-6-16(2)21(23)13-18/h3-13,25H,14H2,1-2H3,(H,24,26). The van der Waals surface area contributed by atoms with Gasteiger partial charge < -0.3 is 10.1 Å². The predicted molar refractivity (Wildman–Crippen MR) is 119 cm³/mol. The summed E-state index contributed by atoms with van der Waals surface area (Å²) in [6.45, 7) is 3.57. The molecule has 0 saturated carbocycles. The fourth-order valence-corrected chi connectivity index (χ4v) is 3.88. The first kappa shape index (κ1) is 21.7. The van der Waals surface area contributed by atoms with Crippen LogP contribution in [0.15, 0.2) is 71.6 Å². The topological polar surface area (TPSA) is 84.5 Å². The van der Waals surface area contributed by atoms with Crippen LogP contribution in [0.1, 0.15) is 11.1 Å². The average Bonchev–Trinajstić information content (AvgIpc) is 2.69. The van der Waals surface area contributed by atoms with Gasteiger partial charge in [-0.05, 0) is 73.5 Å². The van der Waals surface area contributed by atoms with Crippen LogP contribution >= 0.6 is 11.6 Å². The van der Waals surface area contributed by atoms with Crippen molar-refractivity contribution in [2.75, 3.05) is 16.6 Å². The molecule has 0 unspecified atom stereocenters. The van der Waals surface area contributed by atoms with Gasteiger partial charge >= 0.3 is 0 Å². The van der Waals surface area contributed by atoms with Crippen molar-refractivity contribution in [3.05, 3.63) is 82.9 Å². The average molecular weight is 445 g/mol. The van der Waals surface area contributed by atoms with Gasteiger partial charge in [0.1, 0.15) is 5.75 Å². The summed E-state index contributed by atoms with van der Waals surface area (Å²) in [6, 6.07) is 18.2. The number of anilines is 2. The van der Waals surface area contributed by atoms with Gasteiger partial charge in [0.05, 0.1) is 10.6 Å². The number of benzene rings is 3. The Morgan fingerprint density at radius 1 is 0.967 bits per heavy atom. The Labute approximate surface area is 180 Å². The summed E-state index contributed by atoms with van der Waals surface area (Å²) < 4.78 is 33.0. The summed E-state index contributed by atoms with van der Waals surface area (Å²) in [5.41, 5.74) is 2.95. The third kappa shape index (κ3) is 5.75. The van der Waals surface area contributed by atoms with Gasteiger partial charge in [-0.1, -0.05) is 29.8 Å². The molecule has 0 aliphatic heterocycles. The van der Waals surface area contributed by atoms with Crippen LogP contribution in [0.2, 0.25) is 5.02 Å².